The molecule has 0 radical (unpaired) electrons. The lowest BCUT2D eigenvalue weighted by Crippen LogP contribution is -2.44. The van der Waals surface area contributed by atoms with Gasteiger partial charge < -0.3 is 9.84 Å². The summed E-state index contributed by atoms with van der Waals surface area (Å²) in [6, 6.07) is 0. The summed E-state index contributed by atoms with van der Waals surface area (Å²) < 4.78 is 5.84. The molecule has 0 aliphatic heterocycles. The number of fused-ring (bicyclic) bond motifs is 1. The van der Waals surface area contributed by atoms with Crippen molar-refractivity contribution in [3.8, 4) is 0 Å². The Morgan fingerprint density at radius 2 is 2.04 bits per heavy atom. The summed E-state index contributed by atoms with van der Waals surface area (Å²) in [5, 5.41) is 10.8. The monoisotopic (exact) mass is 348 g/mol. The van der Waals surface area contributed by atoms with Crippen molar-refractivity contribution in [3.63, 3.8) is 0 Å². The van der Waals surface area contributed by atoms with Gasteiger partial charge in [0.25, 0.3) is 0 Å². The Balaban J connectivity index is 2.49. The lowest BCUT2D eigenvalue weighted by atomic mass is 9.68. The normalized spacial score (nSPS) is 40.4. The smallest absolute Gasteiger partial charge is 0.302 e. The van der Waals surface area contributed by atoms with E-state index in [1.54, 1.807) is 0 Å². The van der Waals surface area contributed by atoms with Crippen LogP contribution in [0.5, 0.6) is 0 Å². The molecule has 0 spiro atoms. The average Bonchev–Trinajstić information content (AvgIpc) is 2.81. The Labute approximate surface area is 153 Å². The van der Waals surface area contributed by atoms with Crippen LogP contribution in [0.25, 0.3) is 0 Å². The molecule has 2 aliphatic carbocycles. The average molecular weight is 349 g/mol. The van der Waals surface area contributed by atoms with Gasteiger partial charge in [0.15, 0.2) is 0 Å². The maximum atomic E-state index is 11.8. The van der Waals surface area contributed by atoms with Crippen molar-refractivity contribution in [3.05, 3.63) is 23.8 Å². The van der Waals surface area contributed by atoms with Crippen molar-refractivity contribution in [2.75, 3.05) is 0 Å². The van der Waals surface area contributed by atoms with Crippen molar-refractivity contribution < 1.29 is 14.6 Å². The quantitative estimate of drug-likeness (QED) is 0.561. The number of aliphatic hydroxyl groups is 1. The summed E-state index contributed by atoms with van der Waals surface area (Å²) in [6.07, 6.45) is 11.7. The molecule has 0 aromatic carbocycles. The van der Waals surface area contributed by atoms with Gasteiger partial charge in [-0.3, -0.25) is 4.79 Å². The largest absolute Gasteiger partial charge is 0.462 e. The predicted molar refractivity (Wildman–Crippen MR) is 102 cm³/mol. The zero-order valence-corrected chi connectivity index (χ0v) is 16.8. The Kier molecular flexibility index (Phi) is 6.19. The van der Waals surface area contributed by atoms with Crippen molar-refractivity contribution in [1.82, 2.24) is 0 Å². The van der Waals surface area contributed by atoms with E-state index < -0.39 is 5.60 Å². The maximum Gasteiger partial charge on any atom is 0.302 e. The van der Waals surface area contributed by atoms with Gasteiger partial charge >= 0.3 is 5.97 Å². The second-order valence-electron chi connectivity index (χ2n) is 9.15. The number of esters is 1. The minimum Gasteiger partial charge on any atom is -0.462 e. The predicted octanol–water partition coefficient (Wildman–Crippen LogP) is 5.04. The van der Waals surface area contributed by atoms with E-state index in [1.807, 2.05) is 13.8 Å². The second kappa shape index (κ2) is 7.65. The fourth-order valence-corrected chi connectivity index (χ4v) is 4.87. The van der Waals surface area contributed by atoms with Gasteiger partial charge in [-0.25, -0.2) is 0 Å². The number of carbonyl (C=O) groups is 1. The van der Waals surface area contributed by atoms with Gasteiger partial charge in [-0.05, 0) is 63.7 Å². The lowest BCUT2D eigenvalue weighted by Gasteiger charge is -2.41. The number of carbonyl (C=O) groups excluding carboxylic acids is 1. The molecule has 0 aromatic heterocycles. The molecule has 1 saturated carbocycles. The standard InChI is InChI=1S/C22H36O3/c1-15-8-7-9-16(2)14-19(25-17(3)23)20-18(21(4,5)24)11-13-22(20,6)12-10-15/h9-10,12,15,18-20,24H,7-8,11,13-14H2,1-6H3/b12-10+,16-9+/t15-,18?,19+,20-,22+/m1/s1. The van der Waals surface area contributed by atoms with Crippen LogP contribution >= 0.6 is 0 Å². The van der Waals surface area contributed by atoms with E-state index in [2.05, 4.69) is 39.0 Å². The Bertz CT molecular complexity index is 540. The highest BCUT2D eigenvalue weighted by atomic mass is 16.5. The first kappa shape index (κ1) is 20.2. The van der Waals surface area contributed by atoms with Crippen molar-refractivity contribution in [2.24, 2.45) is 23.2 Å². The Morgan fingerprint density at radius 1 is 1.36 bits per heavy atom. The van der Waals surface area contributed by atoms with Gasteiger partial charge in [0, 0.05) is 19.3 Å². The molecule has 1 unspecified atom stereocenters. The van der Waals surface area contributed by atoms with Gasteiger partial charge in [0.1, 0.15) is 6.10 Å². The van der Waals surface area contributed by atoms with E-state index in [9.17, 15) is 9.90 Å². The van der Waals surface area contributed by atoms with E-state index >= 15 is 0 Å². The SMILES string of the molecule is CC(=O)O[C@H]1C/C(C)=C/CC[C@@H](C)/C=C/[C@@]2(C)CCC(C(C)(C)O)[C@H]12. The van der Waals surface area contributed by atoms with Crippen molar-refractivity contribution in [2.45, 2.75) is 85.4 Å². The summed E-state index contributed by atoms with van der Waals surface area (Å²) in [5.74, 6) is 0.554. The highest BCUT2D eigenvalue weighted by Gasteiger charge is 2.53. The first-order valence-corrected chi connectivity index (χ1v) is 9.77. The fourth-order valence-electron chi connectivity index (χ4n) is 4.87. The van der Waals surface area contributed by atoms with Gasteiger partial charge in [-0.1, -0.05) is 37.6 Å². The topological polar surface area (TPSA) is 46.5 Å². The highest BCUT2D eigenvalue weighted by Crippen LogP contribution is 2.54. The summed E-state index contributed by atoms with van der Waals surface area (Å²) in [5.41, 5.74) is 0.450. The zero-order chi connectivity index (χ0) is 18.8. The highest BCUT2D eigenvalue weighted by molar-refractivity contribution is 5.66. The van der Waals surface area contributed by atoms with Crippen LogP contribution in [0.15, 0.2) is 23.8 Å². The number of ether oxygens (including phenoxy) is 1. The fraction of sp³-hybridized carbons (Fsp3) is 0.773. The third-order valence-corrected chi connectivity index (χ3v) is 6.26. The van der Waals surface area contributed by atoms with Gasteiger partial charge in [0.2, 0.25) is 0 Å². The van der Waals surface area contributed by atoms with Crippen LogP contribution in [0.2, 0.25) is 0 Å². The molecule has 2 aliphatic rings. The molecule has 0 bridgehead atoms. The first-order chi connectivity index (χ1) is 11.5. The van der Waals surface area contributed by atoms with Crippen LogP contribution in [0.1, 0.15) is 73.6 Å². The van der Waals surface area contributed by atoms with Crippen molar-refractivity contribution >= 4 is 5.97 Å². The van der Waals surface area contributed by atoms with Gasteiger partial charge in [0.05, 0.1) is 5.60 Å². The zero-order valence-electron chi connectivity index (χ0n) is 16.8. The molecule has 2 rings (SSSR count). The van der Waals surface area contributed by atoms with Crippen LogP contribution in [0.4, 0.5) is 0 Å². The summed E-state index contributed by atoms with van der Waals surface area (Å²) >= 11 is 0. The molecule has 3 nitrogen and oxygen atoms in total. The summed E-state index contributed by atoms with van der Waals surface area (Å²) in [6.45, 7) is 12.0. The van der Waals surface area contributed by atoms with Crippen LogP contribution < -0.4 is 0 Å². The van der Waals surface area contributed by atoms with E-state index in [4.69, 9.17) is 4.74 Å². The third kappa shape index (κ3) is 4.97. The molecule has 1 fully saturated rings. The lowest BCUT2D eigenvalue weighted by molar-refractivity contribution is -0.154. The summed E-state index contributed by atoms with van der Waals surface area (Å²) in [4.78, 5) is 11.8. The molecule has 0 heterocycles. The molecule has 25 heavy (non-hydrogen) atoms. The minimum absolute atomic E-state index is 0.0519. The molecule has 0 amide bonds. The van der Waals surface area contributed by atoms with Crippen LogP contribution in [0, 0.1) is 23.2 Å². The molecule has 0 saturated heterocycles. The Morgan fingerprint density at radius 3 is 2.64 bits per heavy atom. The van der Waals surface area contributed by atoms with Crippen LogP contribution in [0.3, 0.4) is 0 Å². The number of hydrogen-bond acceptors (Lipinski definition) is 3. The Hall–Kier alpha value is -1.09. The molecule has 0 aromatic rings. The minimum atomic E-state index is -0.780. The third-order valence-electron chi connectivity index (χ3n) is 6.26. The molecule has 3 heteroatoms. The van der Waals surface area contributed by atoms with E-state index in [1.165, 1.54) is 12.5 Å². The molecule has 142 valence electrons. The molecule has 5 atom stereocenters. The van der Waals surface area contributed by atoms with Gasteiger partial charge in [-0.15, -0.1) is 0 Å². The van der Waals surface area contributed by atoms with Crippen molar-refractivity contribution in [1.29, 1.82) is 0 Å². The summed E-state index contributed by atoms with van der Waals surface area (Å²) in [7, 11) is 0. The number of rotatable bonds is 2. The number of hydrogen-bond donors (Lipinski definition) is 1. The molecular weight excluding hydrogens is 312 g/mol. The number of allylic oxidation sites excluding steroid dienone is 3. The van der Waals surface area contributed by atoms with Crippen LogP contribution in [-0.2, 0) is 9.53 Å². The van der Waals surface area contributed by atoms with E-state index in [-0.39, 0.29) is 29.3 Å². The van der Waals surface area contributed by atoms with Crippen LogP contribution in [-0.4, -0.2) is 22.8 Å². The van der Waals surface area contributed by atoms with Gasteiger partial charge in [-0.2, -0.15) is 0 Å². The second-order valence-corrected chi connectivity index (χ2v) is 9.15. The molecular formula is C22H36O3. The maximum absolute atomic E-state index is 11.8. The van der Waals surface area contributed by atoms with E-state index in [0.29, 0.717) is 5.92 Å². The molecule has 1 N–H and O–H groups in total. The first-order valence-electron chi connectivity index (χ1n) is 9.77. The van der Waals surface area contributed by atoms with E-state index in [0.717, 1.165) is 32.1 Å².